The van der Waals surface area contributed by atoms with Gasteiger partial charge in [0.15, 0.2) is 0 Å². The van der Waals surface area contributed by atoms with E-state index in [0.29, 0.717) is 17.2 Å². The highest BCUT2D eigenvalue weighted by molar-refractivity contribution is 5.42. The maximum Gasteiger partial charge on any atom is 0.127 e. The lowest BCUT2D eigenvalue weighted by molar-refractivity contribution is 0.189. The van der Waals surface area contributed by atoms with Crippen LogP contribution >= 0.6 is 0 Å². The Kier molecular flexibility index (Phi) is 5.06. The fourth-order valence-corrected chi connectivity index (χ4v) is 2.08. The summed E-state index contributed by atoms with van der Waals surface area (Å²) in [6.45, 7) is 1.95. The molecule has 0 saturated heterocycles. The number of hydrogen-bond donors (Lipinski definition) is 1. The second-order valence-corrected chi connectivity index (χ2v) is 4.81. The quantitative estimate of drug-likeness (QED) is 0.886. The molecular weight excluding hydrogens is 266 g/mol. The first kappa shape index (κ1) is 15.2. The van der Waals surface area contributed by atoms with Crippen molar-refractivity contribution < 1.29 is 14.2 Å². The van der Waals surface area contributed by atoms with Gasteiger partial charge in [0.25, 0.3) is 0 Å². The molecule has 0 spiro atoms. The lowest BCUT2D eigenvalue weighted by Gasteiger charge is -2.22. The summed E-state index contributed by atoms with van der Waals surface area (Å²) in [7, 11) is 3.22. The molecule has 4 nitrogen and oxygen atoms in total. The van der Waals surface area contributed by atoms with Crippen LogP contribution in [0.5, 0.6) is 17.2 Å². The normalized spacial score (nSPS) is 13.3. The maximum atomic E-state index is 6.24. The predicted molar refractivity (Wildman–Crippen MR) is 83.0 cm³/mol. The van der Waals surface area contributed by atoms with Crippen LogP contribution in [0.2, 0.25) is 0 Å². The van der Waals surface area contributed by atoms with Crippen molar-refractivity contribution in [3.8, 4) is 17.2 Å². The molecule has 0 amide bonds. The van der Waals surface area contributed by atoms with E-state index < -0.39 is 0 Å². The smallest absolute Gasteiger partial charge is 0.127 e. The molecule has 0 aliphatic heterocycles. The topological polar surface area (TPSA) is 53.7 Å². The maximum absolute atomic E-state index is 6.24. The summed E-state index contributed by atoms with van der Waals surface area (Å²) in [6, 6.07) is 15.1. The average molecular weight is 287 g/mol. The van der Waals surface area contributed by atoms with Crippen molar-refractivity contribution in [3.05, 3.63) is 54.1 Å². The molecule has 2 aromatic rings. The largest absolute Gasteiger partial charge is 0.496 e. The highest BCUT2D eigenvalue weighted by Crippen LogP contribution is 2.29. The van der Waals surface area contributed by atoms with Crippen LogP contribution in [0.25, 0.3) is 0 Å². The van der Waals surface area contributed by atoms with Gasteiger partial charge in [-0.25, -0.2) is 0 Å². The zero-order valence-electron chi connectivity index (χ0n) is 12.6. The Hall–Kier alpha value is -2.20. The Bertz CT molecular complexity index is 549. The second kappa shape index (κ2) is 6.99. The van der Waals surface area contributed by atoms with Crippen LogP contribution in [0, 0.1) is 0 Å². The molecule has 0 fully saturated rings. The highest BCUT2D eigenvalue weighted by atomic mass is 16.5. The Morgan fingerprint density at radius 1 is 0.857 bits per heavy atom. The molecule has 0 radical (unpaired) electrons. The van der Waals surface area contributed by atoms with E-state index in [1.807, 2.05) is 49.4 Å². The van der Waals surface area contributed by atoms with Crippen molar-refractivity contribution in [1.29, 1.82) is 0 Å². The minimum atomic E-state index is -0.205. The molecule has 4 heteroatoms. The van der Waals surface area contributed by atoms with E-state index in [0.717, 1.165) is 5.56 Å². The summed E-state index contributed by atoms with van der Waals surface area (Å²) in [5.74, 6) is 2.04. The van der Waals surface area contributed by atoms with Crippen LogP contribution in [0.3, 0.4) is 0 Å². The Morgan fingerprint density at radius 3 is 1.90 bits per heavy atom. The first-order valence-corrected chi connectivity index (χ1v) is 6.84. The van der Waals surface area contributed by atoms with Crippen LogP contribution in [0.4, 0.5) is 0 Å². The van der Waals surface area contributed by atoms with E-state index in [1.165, 1.54) is 0 Å². The van der Waals surface area contributed by atoms with Gasteiger partial charge in [0.05, 0.1) is 20.3 Å². The van der Waals surface area contributed by atoms with Crippen LogP contribution in [0.1, 0.15) is 18.5 Å². The van der Waals surface area contributed by atoms with Gasteiger partial charge in [-0.15, -0.1) is 0 Å². The van der Waals surface area contributed by atoms with Gasteiger partial charge in [-0.05, 0) is 12.5 Å². The van der Waals surface area contributed by atoms with E-state index in [9.17, 15) is 0 Å². The molecule has 2 rings (SSSR count). The lowest BCUT2D eigenvalue weighted by Crippen LogP contribution is -2.28. The van der Waals surface area contributed by atoms with Crippen molar-refractivity contribution in [2.45, 2.75) is 19.1 Å². The van der Waals surface area contributed by atoms with Crippen molar-refractivity contribution >= 4 is 0 Å². The molecule has 2 aromatic carbocycles. The van der Waals surface area contributed by atoms with Gasteiger partial charge >= 0.3 is 0 Å². The van der Waals surface area contributed by atoms with Crippen LogP contribution < -0.4 is 19.9 Å². The van der Waals surface area contributed by atoms with E-state index in [2.05, 4.69) is 0 Å². The monoisotopic (exact) mass is 287 g/mol. The van der Waals surface area contributed by atoms with Gasteiger partial charge in [-0.3, -0.25) is 0 Å². The third-order valence-electron chi connectivity index (χ3n) is 3.34. The standard InChI is InChI=1S/C17H21NO3/c1-12(17(18)13-7-5-4-6-8-13)21-16-10-14(19-2)9-15(11-16)20-3/h4-12,17H,18H2,1-3H3. The summed E-state index contributed by atoms with van der Waals surface area (Å²) in [5.41, 5.74) is 7.28. The first-order valence-electron chi connectivity index (χ1n) is 6.84. The fraction of sp³-hybridized carbons (Fsp3) is 0.294. The zero-order valence-corrected chi connectivity index (χ0v) is 12.6. The predicted octanol–water partition coefficient (Wildman–Crippen LogP) is 3.17. The summed E-state index contributed by atoms with van der Waals surface area (Å²) >= 11 is 0. The molecule has 0 aliphatic carbocycles. The van der Waals surface area contributed by atoms with E-state index in [4.69, 9.17) is 19.9 Å². The minimum Gasteiger partial charge on any atom is -0.496 e. The highest BCUT2D eigenvalue weighted by Gasteiger charge is 2.17. The summed E-state index contributed by atoms with van der Waals surface area (Å²) < 4.78 is 16.4. The number of ether oxygens (including phenoxy) is 3. The lowest BCUT2D eigenvalue weighted by atomic mass is 10.0. The Morgan fingerprint density at radius 2 is 1.38 bits per heavy atom. The molecule has 0 aromatic heterocycles. The summed E-state index contributed by atoms with van der Waals surface area (Å²) in [4.78, 5) is 0. The van der Waals surface area contributed by atoms with Crippen LogP contribution in [-0.4, -0.2) is 20.3 Å². The molecule has 2 atom stereocenters. The molecule has 0 aliphatic rings. The molecule has 21 heavy (non-hydrogen) atoms. The third kappa shape index (κ3) is 3.89. The van der Waals surface area contributed by atoms with E-state index in [1.54, 1.807) is 20.3 Å². The van der Waals surface area contributed by atoms with Gasteiger partial charge in [0.1, 0.15) is 23.4 Å². The molecule has 0 saturated carbocycles. The van der Waals surface area contributed by atoms with Gasteiger partial charge < -0.3 is 19.9 Å². The molecule has 2 unspecified atom stereocenters. The zero-order chi connectivity index (χ0) is 15.2. The van der Waals surface area contributed by atoms with Crippen molar-refractivity contribution in [1.82, 2.24) is 0 Å². The second-order valence-electron chi connectivity index (χ2n) is 4.81. The van der Waals surface area contributed by atoms with Gasteiger partial charge in [0, 0.05) is 18.2 Å². The molecule has 2 N–H and O–H groups in total. The Labute approximate surface area is 125 Å². The molecule has 112 valence electrons. The molecular formula is C17H21NO3. The fourth-order valence-electron chi connectivity index (χ4n) is 2.08. The summed E-state index contributed by atoms with van der Waals surface area (Å²) in [6.07, 6.45) is -0.177. The van der Waals surface area contributed by atoms with Gasteiger partial charge in [0.2, 0.25) is 0 Å². The van der Waals surface area contributed by atoms with Crippen molar-refractivity contribution in [3.63, 3.8) is 0 Å². The summed E-state index contributed by atoms with van der Waals surface area (Å²) in [5, 5.41) is 0. The third-order valence-corrected chi connectivity index (χ3v) is 3.34. The number of methoxy groups -OCH3 is 2. The molecule has 0 heterocycles. The van der Waals surface area contributed by atoms with Crippen molar-refractivity contribution in [2.24, 2.45) is 5.73 Å². The molecule has 0 bridgehead atoms. The van der Waals surface area contributed by atoms with Gasteiger partial charge in [-0.1, -0.05) is 30.3 Å². The number of benzene rings is 2. The SMILES string of the molecule is COc1cc(OC)cc(OC(C)C(N)c2ccccc2)c1. The Balaban J connectivity index is 2.13. The average Bonchev–Trinajstić information content (AvgIpc) is 2.54. The number of hydrogen-bond acceptors (Lipinski definition) is 4. The van der Waals surface area contributed by atoms with Crippen LogP contribution in [0.15, 0.2) is 48.5 Å². The van der Waals surface area contributed by atoms with E-state index >= 15 is 0 Å². The van der Waals surface area contributed by atoms with Crippen molar-refractivity contribution in [2.75, 3.05) is 14.2 Å². The van der Waals surface area contributed by atoms with E-state index in [-0.39, 0.29) is 12.1 Å². The van der Waals surface area contributed by atoms with Gasteiger partial charge in [-0.2, -0.15) is 0 Å². The first-order chi connectivity index (χ1) is 10.1. The number of rotatable bonds is 6. The van der Waals surface area contributed by atoms with Crippen LogP contribution in [-0.2, 0) is 0 Å². The minimum absolute atomic E-state index is 0.177. The number of nitrogens with two attached hydrogens (primary N) is 1.